The number of fused-ring (bicyclic) bond motifs is 1. The molecule has 1 aliphatic heterocycles. The van der Waals surface area contributed by atoms with Gasteiger partial charge < -0.3 is 15.4 Å². The van der Waals surface area contributed by atoms with Crippen LogP contribution in [0.5, 0.6) is 0 Å². The van der Waals surface area contributed by atoms with E-state index >= 15 is 0 Å². The lowest BCUT2D eigenvalue weighted by atomic mass is 9.95. The molecule has 1 aromatic carbocycles. The average molecular weight is 271 g/mol. The van der Waals surface area contributed by atoms with Crippen LogP contribution in [0.15, 0.2) is 30.6 Å². The Morgan fingerprint density at radius 1 is 1.30 bits per heavy atom. The first-order valence-corrected chi connectivity index (χ1v) is 7.10. The van der Waals surface area contributed by atoms with Crippen molar-refractivity contribution >= 4 is 22.1 Å². The number of benzene rings is 1. The van der Waals surface area contributed by atoms with Crippen molar-refractivity contribution < 1.29 is 4.74 Å². The number of hydrogen-bond donors (Lipinski definition) is 1. The minimum Gasteiger partial charge on any atom is -0.398 e. The molecule has 1 aliphatic rings. The molecule has 3 rings (SSSR count). The maximum Gasteiger partial charge on any atom is 0.0772 e. The summed E-state index contributed by atoms with van der Waals surface area (Å²) in [6.07, 6.45) is 5.12. The standard InChI is InChI=1S/C16H21N3O/c1-11-6-8-19(10-16(11)20-2)15-4-3-14(17)12-5-7-18-9-13(12)15/h3-5,7,9,11,16H,6,8,10,17H2,1-2H3. The second-order valence-electron chi connectivity index (χ2n) is 5.58. The van der Waals surface area contributed by atoms with Gasteiger partial charge in [0.05, 0.1) is 6.10 Å². The molecule has 2 N–H and O–H groups in total. The Kier molecular flexibility index (Phi) is 3.49. The van der Waals surface area contributed by atoms with Crippen LogP contribution in [0.1, 0.15) is 13.3 Å². The number of ether oxygens (including phenoxy) is 1. The quantitative estimate of drug-likeness (QED) is 0.853. The molecular formula is C16H21N3O. The van der Waals surface area contributed by atoms with Crippen molar-refractivity contribution in [3.8, 4) is 0 Å². The fourth-order valence-corrected chi connectivity index (χ4v) is 3.03. The van der Waals surface area contributed by atoms with Crippen molar-refractivity contribution in [3.63, 3.8) is 0 Å². The third-order valence-corrected chi connectivity index (χ3v) is 4.36. The Labute approximate surface area is 119 Å². The van der Waals surface area contributed by atoms with Gasteiger partial charge in [-0.2, -0.15) is 0 Å². The molecule has 1 aromatic heterocycles. The first-order valence-electron chi connectivity index (χ1n) is 7.10. The first kappa shape index (κ1) is 13.2. The molecule has 0 bridgehead atoms. The average Bonchev–Trinajstić information content (AvgIpc) is 2.49. The molecule has 0 spiro atoms. The number of nitrogen functional groups attached to an aromatic ring is 1. The molecule has 2 aromatic rings. The van der Waals surface area contributed by atoms with Crippen molar-refractivity contribution in [1.82, 2.24) is 4.98 Å². The molecule has 0 amide bonds. The van der Waals surface area contributed by atoms with E-state index in [1.807, 2.05) is 18.3 Å². The van der Waals surface area contributed by atoms with E-state index in [4.69, 9.17) is 10.5 Å². The van der Waals surface area contributed by atoms with E-state index in [1.54, 1.807) is 13.3 Å². The molecule has 4 heteroatoms. The van der Waals surface area contributed by atoms with Crippen LogP contribution in [0, 0.1) is 5.92 Å². The number of nitrogens with zero attached hydrogens (tertiary/aromatic N) is 2. The van der Waals surface area contributed by atoms with Crippen molar-refractivity contribution in [2.45, 2.75) is 19.4 Å². The molecule has 2 atom stereocenters. The summed E-state index contributed by atoms with van der Waals surface area (Å²) in [6, 6.07) is 6.06. The van der Waals surface area contributed by atoms with Crippen LogP contribution in [-0.4, -0.2) is 31.3 Å². The summed E-state index contributed by atoms with van der Waals surface area (Å²) < 4.78 is 5.61. The van der Waals surface area contributed by atoms with E-state index in [1.165, 1.54) is 5.69 Å². The number of rotatable bonds is 2. The normalized spacial score (nSPS) is 23.2. The van der Waals surface area contributed by atoms with Crippen molar-refractivity contribution in [2.75, 3.05) is 30.8 Å². The van der Waals surface area contributed by atoms with Gasteiger partial charge in [-0.3, -0.25) is 4.98 Å². The highest BCUT2D eigenvalue weighted by molar-refractivity contribution is 6.00. The lowest BCUT2D eigenvalue weighted by molar-refractivity contribution is 0.0499. The highest BCUT2D eigenvalue weighted by atomic mass is 16.5. The van der Waals surface area contributed by atoms with Gasteiger partial charge in [0.15, 0.2) is 0 Å². The van der Waals surface area contributed by atoms with Gasteiger partial charge in [0.25, 0.3) is 0 Å². The van der Waals surface area contributed by atoms with E-state index in [2.05, 4.69) is 22.9 Å². The van der Waals surface area contributed by atoms with Crippen LogP contribution >= 0.6 is 0 Å². The molecule has 20 heavy (non-hydrogen) atoms. The van der Waals surface area contributed by atoms with Gasteiger partial charge in [-0.15, -0.1) is 0 Å². The van der Waals surface area contributed by atoms with Gasteiger partial charge in [0.2, 0.25) is 0 Å². The zero-order valence-corrected chi connectivity index (χ0v) is 12.0. The molecule has 0 saturated carbocycles. The summed E-state index contributed by atoms with van der Waals surface area (Å²) in [6.45, 7) is 4.23. The Hall–Kier alpha value is -1.81. The summed E-state index contributed by atoms with van der Waals surface area (Å²) in [5.41, 5.74) is 8.07. The number of nitrogens with two attached hydrogens (primary N) is 1. The van der Waals surface area contributed by atoms with Gasteiger partial charge in [-0.05, 0) is 30.5 Å². The fraction of sp³-hybridized carbons (Fsp3) is 0.438. The lowest BCUT2D eigenvalue weighted by Gasteiger charge is -2.38. The number of aromatic nitrogens is 1. The smallest absolute Gasteiger partial charge is 0.0772 e. The lowest BCUT2D eigenvalue weighted by Crippen LogP contribution is -2.44. The third-order valence-electron chi connectivity index (χ3n) is 4.36. The summed E-state index contributed by atoms with van der Waals surface area (Å²) in [5, 5.41) is 2.20. The molecule has 106 valence electrons. The fourth-order valence-electron chi connectivity index (χ4n) is 3.03. The Morgan fingerprint density at radius 2 is 2.15 bits per heavy atom. The third kappa shape index (κ3) is 2.20. The Bertz CT molecular complexity index is 614. The van der Waals surface area contributed by atoms with E-state index < -0.39 is 0 Å². The predicted octanol–water partition coefficient (Wildman–Crippen LogP) is 2.68. The molecular weight excluding hydrogens is 250 g/mol. The highest BCUT2D eigenvalue weighted by Crippen LogP contribution is 2.33. The summed E-state index contributed by atoms with van der Waals surface area (Å²) >= 11 is 0. The maximum absolute atomic E-state index is 6.06. The van der Waals surface area contributed by atoms with Gasteiger partial charge in [0.1, 0.15) is 0 Å². The second-order valence-corrected chi connectivity index (χ2v) is 5.58. The number of anilines is 2. The second kappa shape index (κ2) is 5.29. The zero-order chi connectivity index (χ0) is 14.1. The van der Waals surface area contributed by atoms with Gasteiger partial charge in [-0.25, -0.2) is 0 Å². The van der Waals surface area contributed by atoms with E-state index in [9.17, 15) is 0 Å². The first-order chi connectivity index (χ1) is 9.70. The Morgan fingerprint density at radius 3 is 2.95 bits per heavy atom. The van der Waals surface area contributed by atoms with Crippen LogP contribution in [0.3, 0.4) is 0 Å². The monoisotopic (exact) mass is 271 g/mol. The van der Waals surface area contributed by atoms with E-state index in [0.29, 0.717) is 5.92 Å². The molecule has 0 aliphatic carbocycles. The predicted molar refractivity (Wildman–Crippen MR) is 82.9 cm³/mol. The highest BCUT2D eigenvalue weighted by Gasteiger charge is 2.27. The summed E-state index contributed by atoms with van der Waals surface area (Å²) in [4.78, 5) is 6.64. The number of hydrogen-bond acceptors (Lipinski definition) is 4. The van der Waals surface area contributed by atoms with Crippen LogP contribution < -0.4 is 10.6 Å². The van der Waals surface area contributed by atoms with Crippen LogP contribution in [0.4, 0.5) is 11.4 Å². The maximum atomic E-state index is 6.06. The van der Waals surface area contributed by atoms with Gasteiger partial charge >= 0.3 is 0 Å². The number of pyridine rings is 1. The minimum absolute atomic E-state index is 0.285. The zero-order valence-electron chi connectivity index (χ0n) is 12.0. The van der Waals surface area contributed by atoms with Crippen LogP contribution in [0.25, 0.3) is 10.8 Å². The van der Waals surface area contributed by atoms with E-state index in [-0.39, 0.29) is 6.10 Å². The SMILES string of the molecule is COC1CN(c2ccc(N)c3ccncc23)CCC1C. The molecule has 2 unspecified atom stereocenters. The summed E-state index contributed by atoms with van der Waals surface area (Å²) in [7, 11) is 1.80. The number of piperidine rings is 1. The summed E-state index contributed by atoms with van der Waals surface area (Å²) in [5.74, 6) is 0.606. The van der Waals surface area contributed by atoms with Crippen LogP contribution in [0.2, 0.25) is 0 Å². The molecule has 0 radical (unpaired) electrons. The van der Waals surface area contributed by atoms with Crippen LogP contribution in [-0.2, 0) is 4.74 Å². The van der Waals surface area contributed by atoms with E-state index in [0.717, 1.165) is 36.0 Å². The molecule has 2 heterocycles. The van der Waals surface area contributed by atoms with Crippen molar-refractivity contribution in [3.05, 3.63) is 30.6 Å². The topological polar surface area (TPSA) is 51.4 Å². The molecule has 1 saturated heterocycles. The molecule has 1 fully saturated rings. The van der Waals surface area contributed by atoms with Gasteiger partial charge in [0, 0.05) is 54.7 Å². The van der Waals surface area contributed by atoms with Crippen molar-refractivity contribution in [1.29, 1.82) is 0 Å². The van der Waals surface area contributed by atoms with Crippen molar-refractivity contribution in [2.24, 2.45) is 5.92 Å². The number of methoxy groups -OCH3 is 1. The molecule has 4 nitrogen and oxygen atoms in total. The van der Waals surface area contributed by atoms with Gasteiger partial charge in [-0.1, -0.05) is 6.92 Å². The minimum atomic E-state index is 0.285. The Balaban J connectivity index is 2.00. The largest absolute Gasteiger partial charge is 0.398 e.